The minimum absolute atomic E-state index is 0.0223. The Morgan fingerprint density at radius 1 is 1.32 bits per heavy atom. The number of carbonyl (C=O) groups excluding carboxylic acids is 1. The molecule has 0 spiro atoms. The van der Waals surface area contributed by atoms with Gasteiger partial charge in [0.2, 0.25) is 5.91 Å². The summed E-state index contributed by atoms with van der Waals surface area (Å²) < 4.78 is 36.7. The van der Waals surface area contributed by atoms with Crippen molar-refractivity contribution >= 4 is 29.3 Å². The molecule has 0 bridgehead atoms. The molecule has 0 fully saturated rings. The first-order chi connectivity index (χ1) is 8.81. The average molecular weight is 312 g/mol. The second kappa shape index (κ2) is 7.05. The van der Waals surface area contributed by atoms with Crippen molar-refractivity contribution in [1.29, 1.82) is 0 Å². The van der Waals surface area contributed by atoms with Gasteiger partial charge in [-0.3, -0.25) is 4.79 Å². The van der Waals surface area contributed by atoms with Crippen LogP contribution in [0.3, 0.4) is 0 Å². The fourth-order valence-electron chi connectivity index (χ4n) is 1.36. The molecule has 0 aliphatic rings. The third kappa shape index (κ3) is 6.20. The molecule has 0 aromatic heterocycles. The standard InChI is InChI=1S/C12H13ClF3NOS/c1-2-17(8-12(14,15)16)11(18)7-19-10-5-3-9(13)4-6-10/h3-6H,2,7-8H2,1H3. The maximum absolute atomic E-state index is 12.2. The Hall–Kier alpha value is -0.880. The number of hydrogen-bond donors (Lipinski definition) is 0. The predicted molar refractivity (Wildman–Crippen MR) is 70.5 cm³/mol. The molecule has 0 aliphatic carbocycles. The summed E-state index contributed by atoms with van der Waals surface area (Å²) in [5.41, 5.74) is 0. The Morgan fingerprint density at radius 3 is 2.37 bits per heavy atom. The predicted octanol–water partition coefficient (Wildman–Crippen LogP) is 3.84. The SMILES string of the molecule is CCN(CC(F)(F)F)C(=O)CSc1ccc(Cl)cc1. The molecule has 0 unspecified atom stereocenters. The summed E-state index contributed by atoms with van der Waals surface area (Å²) in [5.74, 6) is -0.550. The fourth-order valence-corrected chi connectivity index (χ4v) is 2.29. The van der Waals surface area contributed by atoms with Crippen molar-refractivity contribution in [2.45, 2.75) is 18.0 Å². The Morgan fingerprint density at radius 2 is 1.89 bits per heavy atom. The van der Waals surface area contributed by atoms with E-state index < -0.39 is 18.6 Å². The molecule has 0 aliphatic heterocycles. The van der Waals surface area contributed by atoms with Crippen LogP contribution in [-0.4, -0.2) is 35.8 Å². The van der Waals surface area contributed by atoms with Gasteiger partial charge in [-0.25, -0.2) is 0 Å². The first kappa shape index (κ1) is 16.2. The van der Waals surface area contributed by atoms with E-state index in [4.69, 9.17) is 11.6 Å². The molecule has 1 amide bonds. The number of thioether (sulfide) groups is 1. The molecule has 0 radical (unpaired) electrons. The van der Waals surface area contributed by atoms with E-state index in [-0.39, 0.29) is 12.3 Å². The number of hydrogen-bond acceptors (Lipinski definition) is 2. The van der Waals surface area contributed by atoms with Gasteiger partial charge < -0.3 is 4.90 Å². The van der Waals surface area contributed by atoms with Gasteiger partial charge in [0.05, 0.1) is 5.75 Å². The zero-order chi connectivity index (χ0) is 14.5. The number of alkyl halides is 3. The molecule has 0 atom stereocenters. The first-order valence-corrected chi connectivity index (χ1v) is 6.91. The number of rotatable bonds is 5. The molecule has 7 heteroatoms. The summed E-state index contributed by atoms with van der Waals surface area (Å²) in [6, 6.07) is 6.78. The lowest BCUT2D eigenvalue weighted by Crippen LogP contribution is -2.39. The van der Waals surface area contributed by atoms with E-state index in [9.17, 15) is 18.0 Å². The zero-order valence-electron chi connectivity index (χ0n) is 10.2. The van der Waals surface area contributed by atoms with Crippen molar-refractivity contribution in [1.82, 2.24) is 4.90 Å². The van der Waals surface area contributed by atoms with E-state index in [1.165, 1.54) is 18.7 Å². The normalized spacial score (nSPS) is 11.4. The highest BCUT2D eigenvalue weighted by Gasteiger charge is 2.32. The van der Waals surface area contributed by atoms with E-state index in [0.717, 1.165) is 9.80 Å². The molecule has 0 saturated heterocycles. The summed E-state index contributed by atoms with van der Waals surface area (Å²) in [5, 5.41) is 0.572. The van der Waals surface area contributed by atoms with Gasteiger partial charge in [0.25, 0.3) is 0 Å². The summed E-state index contributed by atoms with van der Waals surface area (Å²) in [6.45, 7) is 0.361. The number of benzene rings is 1. The minimum Gasteiger partial charge on any atom is -0.333 e. The minimum atomic E-state index is -4.36. The van der Waals surface area contributed by atoms with Crippen LogP contribution >= 0.6 is 23.4 Å². The third-order valence-corrected chi connectivity index (χ3v) is 3.53. The van der Waals surface area contributed by atoms with Gasteiger partial charge in [-0.2, -0.15) is 13.2 Å². The van der Waals surface area contributed by atoms with Crippen LogP contribution in [0.4, 0.5) is 13.2 Å². The van der Waals surface area contributed by atoms with Crippen LogP contribution < -0.4 is 0 Å². The number of amides is 1. The van der Waals surface area contributed by atoms with Gasteiger partial charge >= 0.3 is 6.18 Å². The molecule has 0 saturated carbocycles. The second-order valence-corrected chi connectivity index (χ2v) is 5.25. The lowest BCUT2D eigenvalue weighted by molar-refractivity contribution is -0.159. The highest BCUT2D eigenvalue weighted by Crippen LogP contribution is 2.22. The van der Waals surface area contributed by atoms with Crippen LogP contribution in [-0.2, 0) is 4.79 Å². The molecule has 2 nitrogen and oxygen atoms in total. The van der Waals surface area contributed by atoms with E-state index in [1.54, 1.807) is 24.3 Å². The maximum Gasteiger partial charge on any atom is 0.406 e. The molecular weight excluding hydrogens is 299 g/mol. The van der Waals surface area contributed by atoms with Gasteiger partial charge in [-0.15, -0.1) is 11.8 Å². The van der Waals surface area contributed by atoms with E-state index in [2.05, 4.69) is 0 Å². The van der Waals surface area contributed by atoms with Gasteiger partial charge in [0.15, 0.2) is 0 Å². The number of halogens is 4. The molecule has 1 rings (SSSR count). The van der Waals surface area contributed by atoms with Gasteiger partial charge in [-0.05, 0) is 31.2 Å². The summed E-state index contributed by atoms with van der Waals surface area (Å²) in [6.07, 6.45) is -4.36. The molecule has 106 valence electrons. The van der Waals surface area contributed by atoms with Gasteiger partial charge in [0, 0.05) is 16.5 Å². The maximum atomic E-state index is 12.2. The smallest absolute Gasteiger partial charge is 0.333 e. The summed E-state index contributed by atoms with van der Waals surface area (Å²) in [7, 11) is 0. The Balaban J connectivity index is 2.51. The Kier molecular flexibility index (Phi) is 6.00. The van der Waals surface area contributed by atoms with E-state index in [0.29, 0.717) is 5.02 Å². The average Bonchev–Trinajstić information content (AvgIpc) is 2.34. The zero-order valence-corrected chi connectivity index (χ0v) is 11.8. The van der Waals surface area contributed by atoms with Crippen LogP contribution in [0, 0.1) is 0 Å². The van der Waals surface area contributed by atoms with Gasteiger partial charge in [-0.1, -0.05) is 11.6 Å². The third-order valence-electron chi connectivity index (χ3n) is 2.28. The Bertz CT molecular complexity index is 422. The monoisotopic (exact) mass is 311 g/mol. The van der Waals surface area contributed by atoms with Gasteiger partial charge in [0.1, 0.15) is 6.54 Å². The number of nitrogens with zero attached hydrogens (tertiary/aromatic N) is 1. The summed E-state index contributed by atoms with van der Waals surface area (Å²) >= 11 is 6.90. The van der Waals surface area contributed by atoms with Crippen LogP contribution in [0.5, 0.6) is 0 Å². The van der Waals surface area contributed by atoms with Crippen molar-refractivity contribution in [2.24, 2.45) is 0 Å². The molecule has 0 heterocycles. The van der Waals surface area contributed by atoms with Crippen molar-refractivity contribution < 1.29 is 18.0 Å². The van der Waals surface area contributed by atoms with Crippen LogP contribution in [0.2, 0.25) is 5.02 Å². The lowest BCUT2D eigenvalue weighted by Gasteiger charge is -2.22. The van der Waals surface area contributed by atoms with Crippen LogP contribution in [0.15, 0.2) is 29.2 Å². The highest BCUT2D eigenvalue weighted by atomic mass is 35.5. The molecule has 19 heavy (non-hydrogen) atoms. The lowest BCUT2D eigenvalue weighted by atomic mass is 10.4. The molecule has 1 aromatic carbocycles. The topological polar surface area (TPSA) is 20.3 Å². The first-order valence-electron chi connectivity index (χ1n) is 5.54. The van der Waals surface area contributed by atoms with Crippen LogP contribution in [0.25, 0.3) is 0 Å². The van der Waals surface area contributed by atoms with Crippen LogP contribution in [0.1, 0.15) is 6.92 Å². The second-order valence-electron chi connectivity index (χ2n) is 3.77. The molecule has 1 aromatic rings. The Labute approximate surface area is 118 Å². The van der Waals surface area contributed by atoms with Crippen molar-refractivity contribution in [3.05, 3.63) is 29.3 Å². The van der Waals surface area contributed by atoms with Crippen molar-refractivity contribution in [2.75, 3.05) is 18.8 Å². The largest absolute Gasteiger partial charge is 0.406 e. The van der Waals surface area contributed by atoms with E-state index in [1.807, 2.05) is 0 Å². The van der Waals surface area contributed by atoms with Crippen molar-refractivity contribution in [3.63, 3.8) is 0 Å². The highest BCUT2D eigenvalue weighted by molar-refractivity contribution is 8.00. The quantitative estimate of drug-likeness (QED) is 0.770. The van der Waals surface area contributed by atoms with Crippen molar-refractivity contribution in [3.8, 4) is 0 Å². The molecule has 0 N–H and O–H groups in total. The fraction of sp³-hybridized carbons (Fsp3) is 0.417. The number of carbonyl (C=O) groups is 1. The van der Waals surface area contributed by atoms with E-state index >= 15 is 0 Å². The summed E-state index contributed by atoms with van der Waals surface area (Å²) in [4.78, 5) is 13.3. The molecular formula is C12H13ClF3NOS.